The molecule has 0 saturated heterocycles. The molecule has 0 radical (unpaired) electrons. The molecule has 0 aliphatic rings. The molecular formula is C15H15BrFN. The van der Waals surface area contributed by atoms with Gasteiger partial charge in [0, 0.05) is 16.2 Å². The van der Waals surface area contributed by atoms with Gasteiger partial charge in [-0.1, -0.05) is 35.3 Å². The Hall–Kier alpha value is -1.22. The van der Waals surface area contributed by atoms with Gasteiger partial charge in [0.05, 0.1) is 6.20 Å². The van der Waals surface area contributed by atoms with Crippen LogP contribution in [0.2, 0.25) is 0 Å². The maximum Gasteiger partial charge on any atom is 0.145 e. The van der Waals surface area contributed by atoms with E-state index in [4.69, 9.17) is 0 Å². The summed E-state index contributed by atoms with van der Waals surface area (Å²) in [6.45, 7) is 4.08. The number of rotatable bonds is 3. The molecule has 1 aromatic carbocycles. The third kappa shape index (κ3) is 2.61. The van der Waals surface area contributed by atoms with Crippen molar-refractivity contribution in [3.05, 3.63) is 52.0 Å². The third-order valence-electron chi connectivity index (χ3n) is 2.98. The summed E-state index contributed by atoms with van der Waals surface area (Å²) in [6, 6.07) is 6.02. The molecular weight excluding hydrogens is 293 g/mol. The number of pyridine rings is 1. The number of aromatic nitrogens is 1. The van der Waals surface area contributed by atoms with Crippen LogP contribution in [0.15, 0.2) is 35.1 Å². The van der Waals surface area contributed by atoms with Crippen molar-refractivity contribution in [2.24, 2.45) is 0 Å². The molecule has 1 nitrogen and oxygen atoms in total. The van der Waals surface area contributed by atoms with Crippen LogP contribution in [-0.4, -0.2) is 4.98 Å². The van der Waals surface area contributed by atoms with Crippen molar-refractivity contribution in [3.8, 4) is 11.1 Å². The molecule has 0 N–H and O–H groups in total. The fourth-order valence-corrected chi connectivity index (χ4v) is 2.60. The van der Waals surface area contributed by atoms with Crippen LogP contribution in [0.5, 0.6) is 0 Å². The molecule has 0 bridgehead atoms. The lowest BCUT2D eigenvalue weighted by atomic mass is 9.95. The summed E-state index contributed by atoms with van der Waals surface area (Å²) >= 11 is 3.44. The highest BCUT2D eigenvalue weighted by Crippen LogP contribution is 2.30. The molecule has 0 atom stereocenters. The Morgan fingerprint density at radius 3 is 2.67 bits per heavy atom. The van der Waals surface area contributed by atoms with Crippen LogP contribution in [0.3, 0.4) is 0 Å². The van der Waals surface area contributed by atoms with E-state index in [1.807, 2.05) is 25.1 Å². The number of hydrogen-bond acceptors (Lipinski definition) is 1. The number of benzene rings is 1. The topological polar surface area (TPSA) is 12.9 Å². The minimum absolute atomic E-state index is 0.211. The molecule has 18 heavy (non-hydrogen) atoms. The van der Waals surface area contributed by atoms with Crippen LogP contribution in [0.25, 0.3) is 11.1 Å². The molecule has 0 saturated carbocycles. The van der Waals surface area contributed by atoms with Gasteiger partial charge in [0.25, 0.3) is 0 Å². The minimum atomic E-state index is -0.211. The van der Waals surface area contributed by atoms with E-state index in [1.54, 1.807) is 6.20 Å². The van der Waals surface area contributed by atoms with Crippen molar-refractivity contribution in [2.45, 2.75) is 26.7 Å². The lowest BCUT2D eigenvalue weighted by molar-refractivity contribution is 0.602. The second-order valence-electron chi connectivity index (χ2n) is 4.36. The van der Waals surface area contributed by atoms with E-state index >= 15 is 0 Å². The minimum Gasteiger partial charge on any atom is -0.261 e. The van der Waals surface area contributed by atoms with Crippen molar-refractivity contribution in [1.82, 2.24) is 4.98 Å². The number of halogens is 2. The fraction of sp³-hybridized carbons (Fsp3) is 0.267. The molecule has 1 aromatic heterocycles. The third-order valence-corrected chi connectivity index (χ3v) is 3.48. The van der Waals surface area contributed by atoms with E-state index in [-0.39, 0.29) is 5.82 Å². The largest absolute Gasteiger partial charge is 0.261 e. The first-order valence-corrected chi connectivity index (χ1v) is 6.81. The summed E-state index contributed by atoms with van der Waals surface area (Å²) in [5.74, 6) is -0.211. The Morgan fingerprint density at radius 2 is 2.00 bits per heavy atom. The summed E-state index contributed by atoms with van der Waals surface area (Å²) < 4.78 is 14.9. The van der Waals surface area contributed by atoms with Gasteiger partial charge in [-0.3, -0.25) is 4.98 Å². The predicted molar refractivity (Wildman–Crippen MR) is 76.1 cm³/mol. The van der Waals surface area contributed by atoms with Gasteiger partial charge in [-0.05, 0) is 42.2 Å². The zero-order valence-corrected chi connectivity index (χ0v) is 12.1. The Morgan fingerprint density at radius 1 is 1.22 bits per heavy atom. The molecule has 2 rings (SSSR count). The maximum absolute atomic E-state index is 13.9. The van der Waals surface area contributed by atoms with E-state index < -0.39 is 0 Å². The Balaban J connectivity index is 2.59. The van der Waals surface area contributed by atoms with E-state index in [9.17, 15) is 4.39 Å². The van der Waals surface area contributed by atoms with Crippen molar-refractivity contribution in [2.75, 3.05) is 0 Å². The summed E-state index contributed by atoms with van der Waals surface area (Å²) in [6.07, 6.45) is 4.70. The van der Waals surface area contributed by atoms with Gasteiger partial charge in [0.2, 0.25) is 0 Å². The molecule has 3 heteroatoms. The van der Waals surface area contributed by atoms with E-state index in [0.717, 1.165) is 39.6 Å². The summed E-state index contributed by atoms with van der Waals surface area (Å²) in [4.78, 5) is 3.98. The average Bonchev–Trinajstić information content (AvgIpc) is 2.32. The van der Waals surface area contributed by atoms with Crippen LogP contribution in [-0.2, 0) is 6.42 Å². The molecule has 0 fully saturated rings. The summed E-state index contributed by atoms with van der Waals surface area (Å²) in [5, 5.41) is 0. The van der Waals surface area contributed by atoms with Gasteiger partial charge in [-0.2, -0.15) is 0 Å². The maximum atomic E-state index is 13.9. The molecule has 94 valence electrons. The van der Waals surface area contributed by atoms with E-state index in [0.29, 0.717) is 0 Å². The first-order chi connectivity index (χ1) is 8.63. The van der Waals surface area contributed by atoms with Crippen molar-refractivity contribution >= 4 is 15.9 Å². The molecule has 1 heterocycles. The van der Waals surface area contributed by atoms with Crippen LogP contribution < -0.4 is 0 Å². The van der Waals surface area contributed by atoms with Gasteiger partial charge < -0.3 is 0 Å². The molecule has 0 amide bonds. The van der Waals surface area contributed by atoms with Crippen LogP contribution in [0, 0.1) is 12.7 Å². The lowest BCUT2D eigenvalue weighted by Crippen LogP contribution is -1.97. The summed E-state index contributed by atoms with van der Waals surface area (Å²) in [5.41, 5.74) is 3.84. The first kappa shape index (κ1) is 13.2. The number of nitrogens with zero attached hydrogens (tertiary/aromatic N) is 1. The van der Waals surface area contributed by atoms with Crippen LogP contribution in [0.4, 0.5) is 4.39 Å². The second kappa shape index (κ2) is 5.61. The van der Waals surface area contributed by atoms with Gasteiger partial charge in [-0.25, -0.2) is 4.39 Å². The number of aryl methyl sites for hydroxylation is 1. The molecule has 0 unspecified atom stereocenters. The van der Waals surface area contributed by atoms with Gasteiger partial charge >= 0.3 is 0 Å². The zero-order chi connectivity index (χ0) is 13.1. The second-order valence-corrected chi connectivity index (χ2v) is 5.27. The monoisotopic (exact) mass is 307 g/mol. The number of hydrogen-bond donors (Lipinski definition) is 0. The quantitative estimate of drug-likeness (QED) is 0.785. The van der Waals surface area contributed by atoms with E-state index in [2.05, 4.69) is 27.8 Å². The van der Waals surface area contributed by atoms with Crippen LogP contribution >= 0.6 is 15.9 Å². The van der Waals surface area contributed by atoms with Crippen molar-refractivity contribution in [1.29, 1.82) is 0 Å². The molecule has 0 aliphatic heterocycles. The molecule has 0 aliphatic carbocycles. The zero-order valence-electron chi connectivity index (χ0n) is 10.5. The fourth-order valence-electron chi connectivity index (χ4n) is 2.13. The Labute approximate surface area is 115 Å². The Bertz CT molecular complexity index is 566. The summed E-state index contributed by atoms with van der Waals surface area (Å²) in [7, 11) is 0. The highest BCUT2D eigenvalue weighted by molar-refractivity contribution is 9.10. The lowest BCUT2D eigenvalue weighted by Gasteiger charge is -2.12. The van der Waals surface area contributed by atoms with Gasteiger partial charge in [0.15, 0.2) is 0 Å². The normalized spacial score (nSPS) is 10.7. The van der Waals surface area contributed by atoms with Crippen LogP contribution in [0.1, 0.15) is 24.5 Å². The standard InChI is InChI=1S/C15H15BrFN/c1-3-4-13-14(8-18-9-15(13)17)12-6-5-11(16)7-10(12)2/h5-9H,3-4H2,1-2H3. The SMILES string of the molecule is CCCc1c(F)cncc1-c1ccc(Br)cc1C. The smallest absolute Gasteiger partial charge is 0.145 e. The van der Waals surface area contributed by atoms with Gasteiger partial charge in [-0.15, -0.1) is 0 Å². The Kier molecular flexibility index (Phi) is 4.12. The highest BCUT2D eigenvalue weighted by Gasteiger charge is 2.12. The van der Waals surface area contributed by atoms with E-state index in [1.165, 1.54) is 6.20 Å². The molecule has 0 spiro atoms. The highest BCUT2D eigenvalue weighted by atomic mass is 79.9. The molecule has 2 aromatic rings. The van der Waals surface area contributed by atoms with Crippen molar-refractivity contribution < 1.29 is 4.39 Å². The first-order valence-electron chi connectivity index (χ1n) is 6.02. The van der Waals surface area contributed by atoms with Crippen molar-refractivity contribution in [3.63, 3.8) is 0 Å². The average molecular weight is 308 g/mol. The van der Waals surface area contributed by atoms with Gasteiger partial charge in [0.1, 0.15) is 5.82 Å². The predicted octanol–water partition coefficient (Wildman–Crippen LogP) is 4.91.